The van der Waals surface area contributed by atoms with Crippen LogP contribution < -0.4 is 5.32 Å². The number of hydrogen-bond acceptors (Lipinski definition) is 6. The number of phosphoric acid groups is 1. The van der Waals surface area contributed by atoms with Gasteiger partial charge >= 0.3 is 7.82 Å². The van der Waals surface area contributed by atoms with E-state index in [2.05, 4.69) is 19.2 Å². The average molecular weight is 596 g/mol. The van der Waals surface area contributed by atoms with E-state index in [1.54, 1.807) is 0 Å². The molecule has 0 atom stereocenters. The maximum absolute atomic E-state index is 11.9. The van der Waals surface area contributed by atoms with Crippen LogP contribution in [-0.4, -0.2) is 54.6 Å². The summed E-state index contributed by atoms with van der Waals surface area (Å²) in [5.74, 6) is 0. The quantitative estimate of drug-likeness (QED) is 0.0454. The molecule has 0 aliphatic rings. The molecule has 7 nitrogen and oxygen atoms in total. The minimum Gasteiger partial charge on any atom is -0.395 e. The highest BCUT2D eigenvalue weighted by Gasteiger charge is 2.19. The smallest absolute Gasteiger partial charge is 0.395 e. The zero-order valence-electron chi connectivity index (χ0n) is 26.7. The van der Waals surface area contributed by atoms with Crippen LogP contribution in [0.15, 0.2) is 0 Å². The van der Waals surface area contributed by atoms with Gasteiger partial charge in [-0.15, -0.1) is 0 Å². The number of phosphoric ester groups is 1. The summed E-state index contributed by atoms with van der Waals surface area (Å²) >= 11 is 0. The van der Waals surface area contributed by atoms with Crippen LogP contribution in [0.4, 0.5) is 0 Å². The molecule has 0 saturated heterocycles. The SMILES string of the molecule is CCCCCCCCCCCCCCOP(=O)(O)OCCCCCCCCCCCCCC.OCCNCCO. The average Bonchev–Trinajstić information content (AvgIpc) is 2.94. The standard InChI is InChI=1S/C28H59O4P.C4H11NO2/c1-3-5-7-9-11-13-15-17-19-21-23-25-27-31-33(29,30)32-28-26-24-22-20-18-16-14-12-10-8-6-4-2;6-3-1-5-2-4-7/h3-28H2,1-2H3,(H,29,30);5-7H,1-4H2. The van der Waals surface area contributed by atoms with Crippen LogP contribution in [0.25, 0.3) is 0 Å². The third-order valence-corrected chi connectivity index (χ3v) is 8.10. The van der Waals surface area contributed by atoms with Crippen molar-refractivity contribution in [2.45, 2.75) is 168 Å². The van der Waals surface area contributed by atoms with Gasteiger partial charge in [0, 0.05) is 13.1 Å². The maximum atomic E-state index is 11.9. The van der Waals surface area contributed by atoms with Crippen molar-refractivity contribution >= 4 is 7.82 Å². The molecule has 0 spiro atoms. The summed E-state index contributed by atoms with van der Waals surface area (Å²) in [5.41, 5.74) is 0. The minimum absolute atomic E-state index is 0.139. The predicted octanol–water partition coefficient (Wildman–Crippen LogP) is 9.08. The fraction of sp³-hybridized carbons (Fsp3) is 1.00. The maximum Gasteiger partial charge on any atom is 0.472 e. The van der Waals surface area contributed by atoms with E-state index >= 15 is 0 Å². The van der Waals surface area contributed by atoms with Gasteiger partial charge in [0.2, 0.25) is 0 Å². The van der Waals surface area contributed by atoms with Crippen LogP contribution in [0.5, 0.6) is 0 Å². The van der Waals surface area contributed by atoms with E-state index in [9.17, 15) is 9.46 Å². The van der Waals surface area contributed by atoms with Crippen molar-refractivity contribution in [3.05, 3.63) is 0 Å². The second-order valence-corrected chi connectivity index (χ2v) is 12.6. The lowest BCUT2D eigenvalue weighted by atomic mass is 10.1. The summed E-state index contributed by atoms with van der Waals surface area (Å²) < 4.78 is 22.2. The summed E-state index contributed by atoms with van der Waals surface area (Å²) in [6.07, 6.45) is 30.6. The van der Waals surface area contributed by atoms with Gasteiger partial charge in [0.05, 0.1) is 26.4 Å². The molecule has 0 fully saturated rings. The van der Waals surface area contributed by atoms with Crippen LogP contribution in [0.1, 0.15) is 168 Å². The first kappa shape index (κ1) is 42.1. The van der Waals surface area contributed by atoms with Gasteiger partial charge in [-0.2, -0.15) is 0 Å². The van der Waals surface area contributed by atoms with Gasteiger partial charge in [-0.05, 0) is 12.8 Å². The van der Waals surface area contributed by atoms with E-state index in [-0.39, 0.29) is 13.2 Å². The van der Waals surface area contributed by atoms with Gasteiger partial charge in [-0.3, -0.25) is 9.05 Å². The van der Waals surface area contributed by atoms with Crippen molar-refractivity contribution in [1.29, 1.82) is 0 Å². The number of unbranched alkanes of at least 4 members (excludes halogenated alkanes) is 22. The molecule has 0 rings (SSSR count). The van der Waals surface area contributed by atoms with Crippen LogP contribution >= 0.6 is 7.82 Å². The Morgan fingerprint density at radius 2 is 0.725 bits per heavy atom. The highest BCUT2D eigenvalue weighted by atomic mass is 31.2. The highest BCUT2D eigenvalue weighted by molar-refractivity contribution is 7.47. The summed E-state index contributed by atoms with van der Waals surface area (Å²) in [5, 5.41) is 19.1. The van der Waals surface area contributed by atoms with Crippen LogP contribution in [0.2, 0.25) is 0 Å². The summed E-state index contributed by atoms with van der Waals surface area (Å²) in [7, 11) is -3.86. The lowest BCUT2D eigenvalue weighted by molar-refractivity contribution is 0.145. The third kappa shape index (κ3) is 40.1. The second kappa shape index (κ2) is 37.0. The fourth-order valence-corrected chi connectivity index (χ4v) is 5.36. The number of hydrogen-bond donors (Lipinski definition) is 4. The normalized spacial score (nSPS) is 11.5. The molecule has 0 aromatic rings. The van der Waals surface area contributed by atoms with E-state index in [0.29, 0.717) is 26.3 Å². The molecule has 0 aromatic heterocycles. The van der Waals surface area contributed by atoms with Crippen molar-refractivity contribution in [2.24, 2.45) is 0 Å². The number of aliphatic hydroxyl groups is 2. The highest BCUT2D eigenvalue weighted by Crippen LogP contribution is 2.43. The van der Waals surface area contributed by atoms with Gasteiger partial charge in [0.15, 0.2) is 0 Å². The summed E-state index contributed by atoms with van der Waals surface area (Å²) in [6.45, 7) is 6.59. The van der Waals surface area contributed by atoms with E-state index in [0.717, 1.165) is 25.7 Å². The summed E-state index contributed by atoms with van der Waals surface area (Å²) in [6, 6.07) is 0. The molecule has 0 unspecified atom stereocenters. The van der Waals surface area contributed by atoms with Crippen LogP contribution in [0.3, 0.4) is 0 Å². The van der Waals surface area contributed by atoms with Gasteiger partial charge in [-0.1, -0.05) is 155 Å². The molecule has 0 amide bonds. The Hall–Kier alpha value is -0.0100. The second-order valence-electron chi connectivity index (χ2n) is 11.1. The number of rotatable bonds is 32. The Morgan fingerprint density at radius 3 is 0.975 bits per heavy atom. The van der Waals surface area contributed by atoms with E-state index in [1.807, 2.05) is 0 Å². The molecule has 0 aliphatic heterocycles. The molecule has 0 heterocycles. The van der Waals surface area contributed by atoms with Crippen molar-refractivity contribution in [2.75, 3.05) is 39.5 Å². The molecular formula is C32H70NO6P. The Morgan fingerprint density at radius 1 is 0.475 bits per heavy atom. The first-order valence-electron chi connectivity index (χ1n) is 17.1. The molecule has 8 heteroatoms. The fourth-order valence-electron chi connectivity index (χ4n) is 4.57. The molecule has 0 aromatic carbocycles. The molecule has 4 N–H and O–H groups in total. The molecule has 0 aliphatic carbocycles. The lowest BCUT2D eigenvalue weighted by Crippen LogP contribution is -2.21. The van der Waals surface area contributed by atoms with Crippen molar-refractivity contribution in [3.8, 4) is 0 Å². The van der Waals surface area contributed by atoms with Crippen molar-refractivity contribution in [1.82, 2.24) is 5.32 Å². The zero-order chi connectivity index (χ0) is 29.8. The van der Waals surface area contributed by atoms with Gasteiger partial charge in [0.25, 0.3) is 0 Å². The number of nitrogens with one attached hydrogen (secondary N) is 1. The largest absolute Gasteiger partial charge is 0.472 e. The topological polar surface area (TPSA) is 108 Å². The molecule has 40 heavy (non-hydrogen) atoms. The monoisotopic (exact) mass is 595 g/mol. The van der Waals surface area contributed by atoms with Gasteiger partial charge in [-0.25, -0.2) is 4.57 Å². The summed E-state index contributed by atoms with van der Waals surface area (Å²) in [4.78, 5) is 9.78. The van der Waals surface area contributed by atoms with E-state index in [1.165, 1.54) is 128 Å². The van der Waals surface area contributed by atoms with Gasteiger partial charge < -0.3 is 20.4 Å². The molecule has 0 radical (unpaired) electrons. The number of aliphatic hydroxyl groups excluding tert-OH is 2. The molecule has 244 valence electrons. The predicted molar refractivity (Wildman–Crippen MR) is 171 cm³/mol. The first-order chi connectivity index (χ1) is 19.5. The zero-order valence-corrected chi connectivity index (χ0v) is 27.6. The van der Waals surface area contributed by atoms with Crippen molar-refractivity contribution < 1.29 is 28.7 Å². The minimum atomic E-state index is -3.86. The Bertz CT molecular complexity index is 460. The van der Waals surface area contributed by atoms with E-state index < -0.39 is 7.82 Å². The van der Waals surface area contributed by atoms with E-state index in [4.69, 9.17) is 19.3 Å². The van der Waals surface area contributed by atoms with Crippen LogP contribution in [-0.2, 0) is 13.6 Å². The Kier molecular flexibility index (Phi) is 39.0. The third-order valence-electron chi connectivity index (χ3n) is 7.08. The molecule has 0 saturated carbocycles. The molecular weight excluding hydrogens is 525 g/mol. The van der Waals surface area contributed by atoms with Crippen LogP contribution in [0, 0.1) is 0 Å². The Balaban J connectivity index is 0. The lowest BCUT2D eigenvalue weighted by Gasteiger charge is -2.12. The first-order valence-corrected chi connectivity index (χ1v) is 18.6. The van der Waals surface area contributed by atoms with Crippen molar-refractivity contribution in [3.63, 3.8) is 0 Å². The Labute approximate surface area is 249 Å². The molecule has 0 bridgehead atoms. The van der Waals surface area contributed by atoms with Gasteiger partial charge in [0.1, 0.15) is 0 Å².